The summed E-state index contributed by atoms with van der Waals surface area (Å²) < 4.78 is 27.8. The monoisotopic (exact) mass is 294 g/mol. The number of rotatable bonds is 2. The molecule has 2 aliphatic heterocycles. The van der Waals surface area contributed by atoms with E-state index in [1.807, 2.05) is 12.1 Å². The number of carbonyl (C=O) groups is 1. The van der Waals surface area contributed by atoms with Gasteiger partial charge in [-0.1, -0.05) is 6.07 Å². The molecule has 0 aromatic heterocycles. The van der Waals surface area contributed by atoms with E-state index in [4.69, 9.17) is 4.74 Å². The van der Waals surface area contributed by atoms with Crippen molar-refractivity contribution >= 4 is 21.6 Å². The molecular formula is C13H14N2O4S. The van der Waals surface area contributed by atoms with E-state index in [1.165, 1.54) is 6.08 Å². The predicted octanol–water partition coefficient (Wildman–Crippen LogP) is 1.15. The van der Waals surface area contributed by atoms with Crippen LogP contribution in [0.3, 0.4) is 0 Å². The first-order chi connectivity index (χ1) is 9.52. The zero-order valence-electron chi connectivity index (χ0n) is 10.6. The number of fused-ring (bicyclic) bond motifs is 1. The van der Waals surface area contributed by atoms with Crippen LogP contribution in [0.25, 0.3) is 0 Å². The Hall–Kier alpha value is -1.86. The Bertz CT molecular complexity index is 682. The summed E-state index contributed by atoms with van der Waals surface area (Å²) in [6.07, 6.45) is 1.48. The average Bonchev–Trinajstić information content (AvgIpc) is 2.95. The first-order valence-electron chi connectivity index (χ1n) is 6.20. The minimum Gasteiger partial charge on any atom is -0.372 e. The second kappa shape index (κ2) is 4.92. The van der Waals surface area contributed by atoms with E-state index in [2.05, 4.69) is 10.6 Å². The van der Waals surface area contributed by atoms with Gasteiger partial charge in [0.05, 0.1) is 25.0 Å². The van der Waals surface area contributed by atoms with Crippen molar-refractivity contribution in [2.24, 2.45) is 0 Å². The van der Waals surface area contributed by atoms with Gasteiger partial charge in [0.2, 0.25) is 0 Å². The van der Waals surface area contributed by atoms with E-state index in [0.29, 0.717) is 18.9 Å². The molecule has 20 heavy (non-hydrogen) atoms. The molecule has 0 saturated heterocycles. The van der Waals surface area contributed by atoms with Gasteiger partial charge in [-0.05, 0) is 29.3 Å². The molecule has 2 amide bonds. The highest BCUT2D eigenvalue weighted by molar-refractivity contribution is 7.94. The molecule has 2 aliphatic rings. The topological polar surface area (TPSA) is 84.5 Å². The molecule has 1 aromatic carbocycles. The standard InChI is InChI=1S/C13H14N2O4S/c16-13(15-12-3-4-20(17,18)8-12)14-11-2-1-9-6-19-7-10(9)5-11/h1-5,12H,6-8H2,(H2,14,15,16)/t12-/m0/s1. The highest BCUT2D eigenvalue weighted by Crippen LogP contribution is 2.23. The molecule has 2 N–H and O–H groups in total. The molecule has 1 aromatic rings. The lowest BCUT2D eigenvalue weighted by Crippen LogP contribution is -2.38. The van der Waals surface area contributed by atoms with E-state index >= 15 is 0 Å². The third kappa shape index (κ3) is 2.83. The lowest BCUT2D eigenvalue weighted by molar-refractivity contribution is 0.134. The van der Waals surface area contributed by atoms with Crippen molar-refractivity contribution in [3.63, 3.8) is 0 Å². The van der Waals surface area contributed by atoms with E-state index < -0.39 is 21.9 Å². The molecule has 3 rings (SSSR count). The Kier molecular flexibility index (Phi) is 3.23. The minimum atomic E-state index is -3.16. The van der Waals surface area contributed by atoms with Gasteiger partial charge < -0.3 is 15.4 Å². The van der Waals surface area contributed by atoms with Gasteiger partial charge >= 0.3 is 6.03 Å². The van der Waals surface area contributed by atoms with Crippen LogP contribution >= 0.6 is 0 Å². The van der Waals surface area contributed by atoms with E-state index in [0.717, 1.165) is 16.5 Å². The molecule has 6 nitrogen and oxygen atoms in total. The minimum absolute atomic E-state index is 0.0849. The number of nitrogens with one attached hydrogen (secondary N) is 2. The van der Waals surface area contributed by atoms with Crippen LogP contribution in [0.2, 0.25) is 0 Å². The Morgan fingerprint density at radius 2 is 2.05 bits per heavy atom. The number of hydrogen-bond donors (Lipinski definition) is 2. The van der Waals surface area contributed by atoms with Gasteiger partial charge in [0.25, 0.3) is 0 Å². The van der Waals surface area contributed by atoms with Crippen LogP contribution in [-0.4, -0.2) is 26.2 Å². The van der Waals surface area contributed by atoms with Crippen molar-refractivity contribution in [2.45, 2.75) is 19.3 Å². The number of hydrogen-bond acceptors (Lipinski definition) is 4. The number of benzene rings is 1. The summed E-state index contributed by atoms with van der Waals surface area (Å²) in [5.41, 5.74) is 2.85. The summed E-state index contributed by atoms with van der Waals surface area (Å²) >= 11 is 0. The molecule has 0 radical (unpaired) electrons. The van der Waals surface area contributed by atoms with Gasteiger partial charge in [0.1, 0.15) is 0 Å². The van der Waals surface area contributed by atoms with Gasteiger partial charge in [-0.2, -0.15) is 0 Å². The second-order valence-corrected chi connectivity index (χ2v) is 6.77. The summed E-state index contributed by atoms with van der Waals surface area (Å²) in [4.78, 5) is 11.8. The fourth-order valence-corrected chi connectivity index (χ4v) is 3.49. The van der Waals surface area contributed by atoms with Gasteiger partial charge in [0.15, 0.2) is 9.84 Å². The van der Waals surface area contributed by atoms with Crippen molar-refractivity contribution in [3.05, 3.63) is 40.8 Å². The third-order valence-electron chi connectivity index (χ3n) is 3.23. The molecule has 0 bridgehead atoms. The molecule has 0 unspecified atom stereocenters. The number of carbonyl (C=O) groups excluding carboxylic acids is 1. The molecule has 0 aliphatic carbocycles. The fraction of sp³-hybridized carbons (Fsp3) is 0.308. The lowest BCUT2D eigenvalue weighted by atomic mass is 10.1. The van der Waals surface area contributed by atoms with Crippen LogP contribution in [0.15, 0.2) is 29.7 Å². The normalized spacial score (nSPS) is 22.5. The SMILES string of the molecule is O=C(Nc1ccc2c(c1)COC2)N[C@H]1C=CS(=O)(=O)C1. The van der Waals surface area contributed by atoms with Crippen LogP contribution in [-0.2, 0) is 27.8 Å². The highest BCUT2D eigenvalue weighted by atomic mass is 32.2. The summed E-state index contributed by atoms with van der Waals surface area (Å²) in [6.45, 7) is 1.16. The van der Waals surface area contributed by atoms with E-state index in [9.17, 15) is 13.2 Å². The zero-order chi connectivity index (χ0) is 14.2. The largest absolute Gasteiger partial charge is 0.372 e. The maximum Gasteiger partial charge on any atom is 0.319 e. The molecular weight excluding hydrogens is 280 g/mol. The molecule has 7 heteroatoms. The van der Waals surface area contributed by atoms with Crippen LogP contribution < -0.4 is 10.6 Å². The third-order valence-corrected chi connectivity index (χ3v) is 4.62. The molecule has 106 valence electrons. The van der Waals surface area contributed by atoms with Crippen LogP contribution in [0.1, 0.15) is 11.1 Å². The fourth-order valence-electron chi connectivity index (χ4n) is 2.25. The van der Waals surface area contributed by atoms with Gasteiger partial charge in [-0.15, -0.1) is 0 Å². The lowest BCUT2D eigenvalue weighted by Gasteiger charge is -2.12. The Labute approximate surface area is 116 Å². The Morgan fingerprint density at radius 1 is 1.25 bits per heavy atom. The van der Waals surface area contributed by atoms with Crippen LogP contribution in [0.4, 0.5) is 10.5 Å². The van der Waals surface area contributed by atoms with Crippen molar-refractivity contribution in [1.82, 2.24) is 5.32 Å². The predicted molar refractivity (Wildman–Crippen MR) is 73.8 cm³/mol. The summed E-state index contributed by atoms with van der Waals surface area (Å²) in [6, 6.07) is 4.68. The maximum absolute atomic E-state index is 11.8. The molecule has 0 spiro atoms. The summed E-state index contributed by atoms with van der Waals surface area (Å²) in [5.74, 6) is -0.0849. The molecule has 0 fully saturated rings. The zero-order valence-corrected chi connectivity index (χ0v) is 11.4. The van der Waals surface area contributed by atoms with Gasteiger partial charge in [-0.3, -0.25) is 0 Å². The average molecular weight is 294 g/mol. The van der Waals surface area contributed by atoms with Crippen molar-refractivity contribution in [2.75, 3.05) is 11.1 Å². The van der Waals surface area contributed by atoms with Crippen LogP contribution in [0, 0.1) is 0 Å². The number of urea groups is 1. The van der Waals surface area contributed by atoms with E-state index in [-0.39, 0.29) is 5.75 Å². The summed E-state index contributed by atoms with van der Waals surface area (Å²) in [7, 11) is -3.16. The first kappa shape index (κ1) is 13.1. The Morgan fingerprint density at radius 3 is 2.80 bits per heavy atom. The molecule has 1 atom stereocenters. The van der Waals surface area contributed by atoms with Crippen LogP contribution in [0.5, 0.6) is 0 Å². The number of sulfone groups is 1. The first-order valence-corrected chi connectivity index (χ1v) is 7.91. The number of amides is 2. The molecule has 0 saturated carbocycles. The number of anilines is 1. The second-order valence-electron chi connectivity index (χ2n) is 4.84. The highest BCUT2D eigenvalue weighted by Gasteiger charge is 2.23. The maximum atomic E-state index is 11.8. The van der Waals surface area contributed by atoms with Crippen molar-refractivity contribution in [1.29, 1.82) is 0 Å². The van der Waals surface area contributed by atoms with E-state index in [1.54, 1.807) is 6.07 Å². The summed E-state index contributed by atoms with van der Waals surface area (Å²) in [5, 5.41) is 6.42. The number of ether oxygens (including phenoxy) is 1. The van der Waals surface area contributed by atoms with Crippen molar-refractivity contribution in [3.8, 4) is 0 Å². The quantitative estimate of drug-likeness (QED) is 0.857. The Balaban J connectivity index is 1.61. The van der Waals surface area contributed by atoms with Crippen molar-refractivity contribution < 1.29 is 17.9 Å². The van der Waals surface area contributed by atoms with Gasteiger partial charge in [-0.25, -0.2) is 13.2 Å². The van der Waals surface area contributed by atoms with Gasteiger partial charge in [0, 0.05) is 11.1 Å². The molecule has 2 heterocycles. The smallest absolute Gasteiger partial charge is 0.319 e.